The largest absolute Gasteiger partial charge is 0.508 e. The van der Waals surface area contributed by atoms with E-state index in [0.717, 1.165) is 0 Å². The number of aromatic hydroxyl groups is 1. The summed E-state index contributed by atoms with van der Waals surface area (Å²) in [5, 5.41) is 14.6. The van der Waals surface area contributed by atoms with Gasteiger partial charge < -0.3 is 19.1 Å². The summed E-state index contributed by atoms with van der Waals surface area (Å²) in [5.74, 6) is 2.76. The lowest BCUT2D eigenvalue weighted by atomic mass is 9.85. The van der Waals surface area contributed by atoms with Crippen molar-refractivity contribution in [3.05, 3.63) is 81.8 Å². The molecular formula is C31H39NO5. The highest BCUT2D eigenvalue weighted by Gasteiger charge is 2.18. The highest BCUT2D eigenvalue weighted by molar-refractivity contribution is 5.63. The van der Waals surface area contributed by atoms with E-state index in [-0.39, 0.29) is 5.75 Å². The van der Waals surface area contributed by atoms with Crippen molar-refractivity contribution in [3.8, 4) is 11.5 Å². The maximum absolute atomic E-state index is 11.5. The molecule has 0 saturated heterocycles. The second-order valence-electron chi connectivity index (χ2n) is 10.3. The molecule has 1 heterocycles. The first kappa shape index (κ1) is 28.0. The molecule has 3 rings (SSSR count). The summed E-state index contributed by atoms with van der Waals surface area (Å²) in [4.78, 5) is 17.2. The minimum Gasteiger partial charge on any atom is -0.508 e. The molecule has 0 aliphatic rings. The average Bonchev–Trinajstić information content (AvgIpc) is 3.28. The molecule has 6 nitrogen and oxygen atoms in total. The summed E-state index contributed by atoms with van der Waals surface area (Å²) in [6, 6.07) is 13.0. The van der Waals surface area contributed by atoms with Gasteiger partial charge >= 0.3 is 0 Å². The molecule has 0 spiro atoms. The molecule has 0 saturated carbocycles. The zero-order valence-corrected chi connectivity index (χ0v) is 22.9. The summed E-state index contributed by atoms with van der Waals surface area (Å²) in [7, 11) is 0. The van der Waals surface area contributed by atoms with Crippen LogP contribution in [0.15, 0.2) is 52.0 Å². The lowest BCUT2D eigenvalue weighted by Gasteiger charge is -2.22. The van der Waals surface area contributed by atoms with Crippen molar-refractivity contribution in [1.82, 2.24) is 0 Å². The molecule has 37 heavy (non-hydrogen) atoms. The number of hydrogen-bond donors (Lipinski definition) is 1. The molecule has 6 heteroatoms. The van der Waals surface area contributed by atoms with Crippen molar-refractivity contribution in [1.29, 1.82) is 0 Å². The number of ether oxygens (including phenoxy) is 1. The average molecular weight is 506 g/mol. The van der Waals surface area contributed by atoms with Crippen molar-refractivity contribution in [2.45, 2.75) is 85.4 Å². The van der Waals surface area contributed by atoms with E-state index in [1.165, 1.54) is 28.3 Å². The number of hydrogen-bond acceptors (Lipinski definition) is 6. The lowest BCUT2D eigenvalue weighted by Crippen LogP contribution is -2.08. The highest BCUT2D eigenvalue weighted by atomic mass is 16.6. The van der Waals surface area contributed by atoms with Crippen molar-refractivity contribution in [2.75, 3.05) is 0 Å². The van der Waals surface area contributed by atoms with Crippen molar-refractivity contribution < 1.29 is 23.9 Å². The summed E-state index contributed by atoms with van der Waals surface area (Å²) >= 11 is 0. The number of nitrogens with zero attached hydrogens (tertiary/aromatic N) is 1. The molecule has 2 aromatic carbocycles. The number of phenolic OH excluding ortho intramolecular Hbond substituents is 1. The van der Waals surface area contributed by atoms with Gasteiger partial charge in [-0.05, 0) is 70.7 Å². The first-order valence-corrected chi connectivity index (χ1v) is 12.9. The number of rotatable bonds is 12. The Bertz CT molecular complexity index is 1190. The molecule has 1 atom stereocenters. The summed E-state index contributed by atoms with van der Waals surface area (Å²) in [6.07, 6.45) is 1.82. The maximum Gasteiger partial charge on any atom is 0.211 e. The van der Waals surface area contributed by atoms with Crippen LogP contribution in [0.4, 0.5) is 0 Å². The standard InChI is InChI=1S/C31H39NO5/c1-19(2)24-14-26(20(3)4)28(27(15-24)21(5)6)18-35-32-13-12-23-9-10-25(16-29(23)34)37-31(17-33)30-11-8-22(7)36-30/h8-11,13-17,19-21,31,34H,12,18H2,1-7H3. The Labute approximate surface area is 220 Å². The Morgan fingerprint density at radius 2 is 1.62 bits per heavy atom. The van der Waals surface area contributed by atoms with Crippen LogP contribution in [0, 0.1) is 6.92 Å². The van der Waals surface area contributed by atoms with Crippen LogP contribution in [-0.4, -0.2) is 17.6 Å². The van der Waals surface area contributed by atoms with E-state index in [1.807, 2.05) is 0 Å². The third-order valence-electron chi connectivity index (χ3n) is 6.41. The van der Waals surface area contributed by atoms with Crippen LogP contribution in [0.3, 0.4) is 0 Å². The summed E-state index contributed by atoms with van der Waals surface area (Å²) in [6.45, 7) is 15.5. The first-order valence-electron chi connectivity index (χ1n) is 12.9. The molecule has 0 fully saturated rings. The van der Waals surface area contributed by atoms with Gasteiger partial charge in [0.1, 0.15) is 23.9 Å². The Morgan fingerprint density at radius 3 is 2.14 bits per heavy atom. The number of phenols is 1. The number of oxime groups is 1. The van der Waals surface area contributed by atoms with Crippen LogP contribution in [0.5, 0.6) is 11.5 Å². The molecule has 3 aromatic rings. The summed E-state index contributed by atoms with van der Waals surface area (Å²) < 4.78 is 11.2. The molecule has 1 unspecified atom stereocenters. The van der Waals surface area contributed by atoms with Gasteiger partial charge in [-0.2, -0.15) is 0 Å². The molecule has 1 N–H and O–H groups in total. The molecule has 198 valence electrons. The zero-order chi connectivity index (χ0) is 27.1. The maximum atomic E-state index is 11.5. The van der Waals surface area contributed by atoms with E-state index in [0.29, 0.717) is 59.9 Å². The quantitative estimate of drug-likeness (QED) is 0.155. The number of aryl methyl sites for hydroxylation is 1. The van der Waals surface area contributed by atoms with Crippen LogP contribution in [0.25, 0.3) is 0 Å². The van der Waals surface area contributed by atoms with Gasteiger partial charge in [-0.15, -0.1) is 0 Å². The van der Waals surface area contributed by atoms with Crippen molar-refractivity contribution >= 4 is 12.5 Å². The number of carbonyl (C=O) groups excluding carboxylic acids is 1. The van der Waals surface area contributed by atoms with Gasteiger partial charge in [0.15, 0.2) is 12.0 Å². The van der Waals surface area contributed by atoms with Crippen LogP contribution in [0.2, 0.25) is 0 Å². The minimum atomic E-state index is -0.880. The SMILES string of the molecule is Cc1ccc(C(C=O)Oc2ccc(CC=NOCc3c(C(C)C)cc(C(C)C)cc3C(C)C)c(O)c2)o1. The minimum absolute atomic E-state index is 0.0534. The molecule has 1 aromatic heterocycles. The van der Waals surface area contributed by atoms with Gasteiger partial charge in [0.25, 0.3) is 0 Å². The van der Waals surface area contributed by atoms with E-state index in [4.69, 9.17) is 14.0 Å². The lowest BCUT2D eigenvalue weighted by molar-refractivity contribution is -0.114. The van der Waals surface area contributed by atoms with E-state index >= 15 is 0 Å². The van der Waals surface area contributed by atoms with Crippen LogP contribution < -0.4 is 4.74 Å². The Morgan fingerprint density at radius 1 is 0.946 bits per heavy atom. The molecular weight excluding hydrogens is 466 g/mol. The fraction of sp³-hybridized carbons (Fsp3) is 0.419. The smallest absolute Gasteiger partial charge is 0.211 e. The number of carbonyl (C=O) groups is 1. The number of aldehydes is 1. The zero-order valence-electron chi connectivity index (χ0n) is 22.9. The van der Waals surface area contributed by atoms with Crippen LogP contribution in [-0.2, 0) is 22.7 Å². The van der Waals surface area contributed by atoms with Gasteiger partial charge in [0.05, 0.1) is 0 Å². The monoisotopic (exact) mass is 505 g/mol. The van der Waals surface area contributed by atoms with Gasteiger partial charge in [-0.1, -0.05) is 64.9 Å². The fourth-order valence-corrected chi connectivity index (χ4v) is 4.26. The van der Waals surface area contributed by atoms with Crippen LogP contribution in [0.1, 0.15) is 105 Å². The predicted octanol–water partition coefficient (Wildman–Crippen LogP) is 7.73. The Balaban J connectivity index is 1.65. The Kier molecular flexibility index (Phi) is 9.56. The molecule has 0 aliphatic heterocycles. The van der Waals surface area contributed by atoms with E-state index in [9.17, 15) is 9.90 Å². The van der Waals surface area contributed by atoms with Gasteiger partial charge in [0, 0.05) is 18.7 Å². The summed E-state index contributed by atoms with van der Waals surface area (Å²) in [5.41, 5.74) is 5.82. The molecule has 0 bridgehead atoms. The number of furan rings is 1. The third kappa shape index (κ3) is 7.25. The van der Waals surface area contributed by atoms with E-state index < -0.39 is 6.10 Å². The predicted molar refractivity (Wildman–Crippen MR) is 147 cm³/mol. The molecule has 0 radical (unpaired) electrons. The fourth-order valence-electron chi connectivity index (χ4n) is 4.26. The topological polar surface area (TPSA) is 81.3 Å². The first-order chi connectivity index (χ1) is 17.6. The second kappa shape index (κ2) is 12.6. The van der Waals surface area contributed by atoms with Crippen LogP contribution >= 0.6 is 0 Å². The van der Waals surface area contributed by atoms with Gasteiger partial charge in [0.2, 0.25) is 6.10 Å². The third-order valence-corrected chi connectivity index (χ3v) is 6.41. The Hall–Kier alpha value is -3.54. The normalized spacial score (nSPS) is 12.6. The molecule has 0 amide bonds. The van der Waals surface area contributed by atoms with E-state index in [2.05, 4.69) is 58.8 Å². The highest BCUT2D eigenvalue weighted by Crippen LogP contribution is 2.33. The van der Waals surface area contributed by atoms with Crippen molar-refractivity contribution in [2.24, 2.45) is 5.16 Å². The van der Waals surface area contributed by atoms with E-state index in [1.54, 1.807) is 37.4 Å². The van der Waals surface area contributed by atoms with Gasteiger partial charge in [-0.25, -0.2) is 0 Å². The second-order valence-corrected chi connectivity index (χ2v) is 10.3. The molecule has 0 aliphatic carbocycles. The van der Waals surface area contributed by atoms with Gasteiger partial charge in [-0.3, -0.25) is 4.79 Å². The number of benzene rings is 2. The van der Waals surface area contributed by atoms with Crippen molar-refractivity contribution in [3.63, 3.8) is 0 Å².